The van der Waals surface area contributed by atoms with E-state index in [4.69, 9.17) is 0 Å². The fraction of sp³-hybridized carbons (Fsp3) is 0.0769. The average Bonchev–Trinajstić information content (AvgIpc) is 2.87. The second kappa shape index (κ2) is 3.65. The first-order valence-corrected chi connectivity index (χ1v) is 7.13. The third-order valence-electron chi connectivity index (χ3n) is 3.27. The molecule has 2 aromatic heterocycles. The van der Waals surface area contributed by atoms with Crippen molar-refractivity contribution in [2.75, 3.05) is 0 Å². The van der Waals surface area contributed by atoms with Crippen molar-refractivity contribution in [3.8, 4) is 11.3 Å². The molecule has 0 atom stereocenters. The Morgan fingerprint density at radius 1 is 1.22 bits per heavy atom. The Kier molecular flexibility index (Phi) is 2.17. The largest absolute Gasteiger partial charge is 0.286 e. The first kappa shape index (κ1) is 10.7. The second-order valence-electron chi connectivity index (χ2n) is 4.29. The normalized spacial score (nSPS) is 12.8. The van der Waals surface area contributed by atoms with Crippen LogP contribution in [0.15, 0.2) is 39.5 Å². The highest BCUT2D eigenvalue weighted by Gasteiger charge is 2.25. The summed E-state index contributed by atoms with van der Waals surface area (Å²) in [6, 6.07) is 6.24. The number of imidazole rings is 1. The van der Waals surface area contributed by atoms with Crippen LogP contribution in [0.2, 0.25) is 0 Å². The van der Waals surface area contributed by atoms with E-state index in [1.54, 1.807) is 6.20 Å². The van der Waals surface area contributed by atoms with Crippen LogP contribution in [0.25, 0.3) is 17.0 Å². The van der Waals surface area contributed by atoms with Crippen LogP contribution in [-0.4, -0.2) is 14.4 Å². The Hall–Kier alpha value is -1.20. The minimum Gasteiger partial charge on any atom is -0.286 e. The molecule has 0 fully saturated rings. The highest BCUT2D eigenvalue weighted by molar-refractivity contribution is 9.10. The van der Waals surface area contributed by atoms with Gasteiger partial charge in [0.25, 0.3) is 0 Å². The molecule has 4 rings (SSSR count). The molecule has 0 aliphatic heterocycles. The van der Waals surface area contributed by atoms with Gasteiger partial charge in [-0.1, -0.05) is 28.1 Å². The average molecular weight is 365 g/mol. The van der Waals surface area contributed by atoms with Crippen LogP contribution in [0.4, 0.5) is 0 Å². The van der Waals surface area contributed by atoms with E-state index < -0.39 is 0 Å². The topological polar surface area (TPSA) is 30.2 Å². The molecule has 0 bridgehead atoms. The third-order valence-corrected chi connectivity index (χ3v) is 4.42. The third kappa shape index (κ3) is 1.34. The zero-order valence-electron chi connectivity index (χ0n) is 9.19. The van der Waals surface area contributed by atoms with Crippen molar-refractivity contribution in [3.05, 3.63) is 50.8 Å². The molecule has 18 heavy (non-hydrogen) atoms. The molecule has 3 aromatic rings. The number of benzene rings is 1. The highest BCUT2D eigenvalue weighted by Crippen LogP contribution is 2.39. The van der Waals surface area contributed by atoms with Crippen molar-refractivity contribution >= 4 is 37.6 Å². The molecule has 0 saturated heterocycles. The molecule has 0 spiro atoms. The summed E-state index contributed by atoms with van der Waals surface area (Å²) in [5.74, 6) is 0.758. The summed E-state index contributed by atoms with van der Waals surface area (Å²) >= 11 is 7.06. The smallest absolute Gasteiger partial charge is 0.234 e. The lowest BCUT2D eigenvalue weighted by Crippen LogP contribution is -1.94. The number of hydrogen-bond donors (Lipinski definition) is 0. The van der Waals surface area contributed by atoms with Crippen molar-refractivity contribution in [3.63, 3.8) is 0 Å². The van der Waals surface area contributed by atoms with Gasteiger partial charge in [-0.25, -0.2) is 9.97 Å². The van der Waals surface area contributed by atoms with Gasteiger partial charge in [-0.2, -0.15) is 0 Å². The Labute approximate surface area is 120 Å². The van der Waals surface area contributed by atoms with Gasteiger partial charge >= 0.3 is 0 Å². The van der Waals surface area contributed by atoms with Crippen molar-refractivity contribution in [1.29, 1.82) is 0 Å². The standard InChI is InChI=1S/C13H7Br2N3/c14-7-5-16-13-17-12-8-2-1-3-10(15)9(8)4-11(12)18(13)6-7/h1-3,5-6H,4H2. The molecule has 0 amide bonds. The predicted molar refractivity (Wildman–Crippen MR) is 76.6 cm³/mol. The Morgan fingerprint density at radius 2 is 2.11 bits per heavy atom. The SMILES string of the molecule is Brc1cnc2nc3c(n2c1)Cc1c(Br)cccc1-3. The summed E-state index contributed by atoms with van der Waals surface area (Å²) in [4.78, 5) is 8.96. The maximum absolute atomic E-state index is 4.63. The van der Waals surface area contributed by atoms with Crippen LogP contribution in [0.1, 0.15) is 11.3 Å². The number of halogens is 2. The van der Waals surface area contributed by atoms with Crippen molar-refractivity contribution < 1.29 is 0 Å². The Balaban J connectivity index is 2.08. The monoisotopic (exact) mass is 363 g/mol. The van der Waals surface area contributed by atoms with Crippen LogP contribution < -0.4 is 0 Å². The molecular weight excluding hydrogens is 358 g/mol. The second-order valence-corrected chi connectivity index (χ2v) is 6.06. The van der Waals surface area contributed by atoms with E-state index in [-0.39, 0.29) is 0 Å². The molecule has 3 nitrogen and oxygen atoms in total. The number of rotatable bonds is 0. The summed E-state index contributed by atoms with van der Waals surface area (Å²) in [5, 5.41) is 0. The zero-order valence-corrected chi connectivity index (χ0v) is 12.4. The summed E-state index contributed by atoms with van der Waals surface area (Å²) in [7, 11) is 0. The van der Waals surface area contributed by atoms with Gasteiger partial charge in [-0.3, -0.25) is 4.40 Å². The molecule has 1 aromatic carbocycles. The molecule has 0 N–H and O–H groups in total. The van der Waals surface area contributed by atoms with Gasteiger partial charge < -0.3 is 0 Å². The van der Waals surface area contributed by atoms with Crippen LogP contribution in [-0.2, 0) is 6.42 Å². The van der Waals surface area contributed by atoms with Gasteiger partial charge in [0.2, 0.25) is 5.78 Å². The van der Waals surface area contributed by atoms with E-state index in [1.165, 1.54) is 16.8 Å². The van der Waals surface area contributed by atoms with Crippen molar-refractivity contribution in [2.24, 2.45) is 0 Å². The van der Waals surface area contributed by atoms with E-state index in [0.717, 1.165) is 26.8 Å². The quantitative estimate of drug-likeness (QED) is 0.474. The van der Waals surface area contributed by atoms with Crippen molar-refractivity contribution in [1.82, 2.24) is 14.4 Å². The molecule has 0 radical (unpaired) electrons. The van der Waals surface area contributed by atoms with Gasteiger partial charge in [-0.05, 0) is 27.6 Å². The highest BCUT2D eigenvalue weighted by atomic mass is 79.9. The molecule has 88 valence electrons. The fourth-order valence-electron chi connectivity index (χ4n) is 2.47. The lowest BCUT2D eigenvalue weighted by atomic mass is 10.1. The molecule has 1 aliphatic rings. The maximum Gasteiger partial charge on any atom is 0.234 e. The van der Waals surface area contributed by atoms with Crippen LogP contribution >= 0.6 is 31.9 Å². The lowest BCUT2D eigenvalue weighted by Gasteiger charge is -2.02. The molecule has 5 heteroatoms. The van der Waals surface area contributed by atoms with Crippen LogP contribution in [0.5, 0.6) is 0 Å². The minimum absolute atomic E-state index is 0.758. The number of aromatic nitrogens is 3. The van der Waals surface area contributed by atoms with Gasteiger partial charge in [0.05, 0.1) is 15.9 Å². The van der Waals surface area contributed by atoms with E-state index in [9.17, 15) is 0 Å². The van der Waals surface area contributed by atoms with Crippen LogP contribution in [0.3, 0.4) is 0 Å². The molecule has 1 aliphatic carbocycles. The van der Waals surface area contributed by atoms with Gasteiger partial charge in [-0.15, -0.1) is 0 Å². The van der Waals surface area contributed by atoms with Crippen LogP contribution in [0, 0.1) is 0 Å². The van der Waals surface area contributed by atoms with Gasteiger partial charge in [0.15, 0.2) is 0 Å². The fourth-order valence-corrected chi connectivity index (χ4v) is 3.28. The summed E-state index contributed by atoms with van der Waals surface area (Å²) in [6.07, 6.45) is 4.69. The number of hydrogen-bond acceptors (Lipinski definition) is 2. The van der Waals surface area contributed by atoms with E-state index in [2.05, 4.69) is 58.4 Å². The predicted octanol–water partition coefficient (Wildman–Crippen LogP) is 3.83. The van der Waals surface area contributed by atoms with Gasteiger partial charge in [0.1, 0.15) is 0 Å². The lowest BCUT2D eigenvalue weighted by molar-refractivity contribution is 1.01. The van der Waals surface area contributed by atoms with Crippen molar-refractivity contribution in [2.45, 2.75) is 6.42 Å². The Bertz CT molecular complexity index is 792. The molecular formula is C13H7Br2N3. The van der Waals surface area contributed by atoms with E-state index >= 15 is 0 Å². The molecule has 0 saturated carbocycles. The minimum atomic E-state index is 0.758. The summed E-state index contributed by atoms with van der Waals surface area (Å²) in [6.45, 7) is 0. The molecule has 2 heterocycles. The number of nitrogens with zero attached hydrogens (tertiary/aromatic N) is 3. The summed E-state index contributed by atoms with van der Waals surface area (Å²) < 4.78 is 4.17. The number of fused-ring (bicyclic) bond motifs is 5. The Morgan fingerprint density at radius 3 is 3.00 bits per heavy atom. The maximum atomic E-state index is 4.63. The first-order chi connectivity index (χ1) is 8.74. The summed E-state index contributed by atoms with van der Waals surface area (Å²) in [5.41, 5.74) is 4.78. The van der Waals surface area contributed by atoms with E-state index in [1.807, 2.05) is 12.3 Å². The first-order valence-electron chi connectivity index (χ1n) is 5.54. The zero-order chi connectivity index (χ0) is 12.3. The molecule has 0 unspecified atom stereocenters. The van der Waals surface area contributed by atoms with E-state index in [0.29, 0.717) is 0 Å². The van der Waals surface area contributed by atoms with Gasteiger partial charge in [0, 0.05) is 28.9 Å².